The number of oxazole rings is 1. The van der Waals surface area contributed by atoms with Crippen LogP contribution in [0.4, 0.5) is 15.3 Å². The van der Waals surface area contributed by atoms with Crippen LogP contribution in [0.15, 0.2) is 41.3 Å². The second-order valence-electron chi connectivity index (χ2n) is 7.18. The van der Waals surface area contributed by atoms with E-state index in [0.717, 1.165) is 45.4 Å². The number of carbonyl (C=O) groups is 2. The van der Waals surface area contributed by atoms with Crippen molar-refractivity contribution in [2.24, 2.45) is 0 Å². The predicted octanol–water partition coefficient (Wildman–Crippen LogP) is 3.43. The molecule has 28 heavy (non-hydrogen) atoms. The van der Waals surface area contributed by atoms with Crippen LogP contribution in [0.2, 0.25) is 0 Å². The first-order valence-electron chi connectivity index (χ1n) is 9.64. The van der Waals surface area contributed by atoms with Crippen LogP contribution in [0.1, 0.15) is 36.5 Å². The molecule has 4 rings (SSSR count). The molecule has 0 aliphatic carbocycles. The van der Waals surface area contributed by atoms with E-state index < -0.39 is 6.09 Å². The van der Waals surface area contributed by atoms with Gasteiger partial charge in [0.2, 0.25) is 0 Å². The van der Waals surface area contributed by atoms with Gasteiger partial charge in [-0.15, -0.1) is 0 Å². The van der Waals surface area contributed by atoms with Crippen molar-refractivity contribution in [1.29, 1.82) is 0 Å². The molecule has 2 saturated heterocycles. The molecule has 2 aliphatic heterocycles. The molecule has 2 aliphatic rings. The molecule has 2 fully saturated rings. The summed E-state index contributed by atoms with van der Waals surface area (Å²) >= 11 is 0. The average molecular weight is 384 g/mol. The maximum atomic E-state index is 12.3. The Hall–Kier alpha value is -3.03. The Morgan fingerprint density at radius 1 is 1.11 bits per heavy atom. The van der Waals surface area contributed by atoms with E-state index in [0.29, 0.717) is 17.4 Å². The number of likely N-dealkylation sites (tertiary alicyclic amines) is 2. The van der Waals surface area contributed by atoms with E-state index in [-0.39, 0.29) is 12.6 Å². The van der Waals surface area contributed by atoms with Crippen LogP contribution in [0.5, 0.6) is 0 Å². The fourth-order valence-electron chi connectivity index (χ4n) is 3.55. The summed E-state index contributed by atoms with van der Waals surface area (Å²) in [4.78, 5) is 31.8. The number of carbonyl (C=O) groups excluding carboxylic acids is 2. The molecule has 0 spiro atoms. The number of piperidine rings is 1. The lowest BCUT2D eigenvalue weighted by Gasteiger charge is -2.39. The van der Waals surface area contributed by atoms with Crippen molar-refractivity contribution >= 4 is 17.8 Å². The topological polar surface area (TPSA) is 87.9 Å². The van der Waals surface area contributed by atoms with Crippen LogP contribution in [0.3, 0.4) is 0 Å². The fourth-order valence-corrected chi connectivity index (χ4v) is 3.55. The number of aromatic nitrogens is 1. The van der Waals surface area contributed by atoms with Crippen LogP contribution in [0, 0.1) is 0 Å². The first-order valence-corrected chi connectivity index (χ1v) is 9.64. The molecule has 1 aromatic carbocycles. The van der Waals surface area contributed by atoms with Gasteiger partial charge in [-0.25, -0.2) is 14.6 Å². The first kappa shape index (κ1) is 18.3. The van der Waals surface area contributed by atoms with Gasteiger partial charge in [0, 0.05) is 31.9 Å². The van der Waals surface area contributed by atoms with Crippen molar-refractivity contribution in [3.05, 3.63) is 48.2 Å². The van der Waals surface area contributed by atoms with Crippen molar-refractivity contribution in [2.75, 3.05) is 31.5 Å². The second-order valence-corrected chi connectivity index (χ2v) is 7.18. The summed E-state index contributed by atoms with van der Waals surface area (Å²) in [6, 6.07) is 8.01. The lowest BCUT2D eigenvalue weighted by molar-refractivity contribution is 0.116. The highest BCUT2D eigenvalue weighted by molar-refractivity contribution is 5.84. The molecular formula is C20H24N4O4. The molecule has 1 aromatic heterocycles. The van der Waals surface area contributed by atoms with E-state index in [2.05, 4.69) is 10.3 Å². The van der Waals surface area contributed by atoms with Crippen LogP contribution in [-0.2, 0) is 11.3 Å². The van der Waals surface area contributed by atoms with Gasteiger partial charge in [-0.3, -0.25) is 5.32 Å². The summed E-state index contributed by atoms with van der Waals surface area (Å²) in [5, 5.41) is 2.70. The number of benzene rings is 1. The SMILES string of the molecule is O=C(Nc1ccc(C2CCN(C(=O)N3CCC3)CC2)cc1)OCc1cnco1. The van der Waals surface area contributed by atoms with E-state index in [9.17, 15) is 9.59 Å². The van der Waals surface area contributed by atoms with Gasteiger partial charge in [0.15, 0.2) is 18.8 Å². The van der Waals surface area contributed by atoms with Crippen molar-refractivity contribution < 1.29 is 18.7 Å². The van der Waals surface area contributed by atoms with Gasteiger partial charge in [-0.05, 0) is 42.9 Å². The third-order valence-corrected chi connectivity index (χ3v) is 5.35. The Bertz CT molecular complexity index is 794. The molecule has 8 nitrogen and oxygen atoms in total. The van der Waals surface area contributed by atoms with Gasteiger partial charge in [0.25, 0.3) is 0 Å². The molecule has 0 atom stereocenters. The van der Waals surface area contributed by atoms with Crippen LogP contribution >= 0.6 is 0 Å². The largest absolute Gasteiger partial charge is 0.445 e. The lowest BCUT2D eigenvalue weighted by atomic mass is 9.89. The number of anilines is 1. The van der Waals surface area contributed by atoms with Crippen LogP contribution in [-0.4, -0.2) is 53.1 Å². The number of nitrogens with one attached hydrogen (secondary N) is 1. The number of rotatable bonds is 4. The number of ether oxygens (including phenoxy) is 1. The summed E-state index contributed by atoms with van der Waals surface area (Å²) in [6.07, 6.45) is 5.31. The van der Waals surface area contributed by atoms with Gasteiger partial charge < -0.3 is 19.0 Å². The minimum absolute atomic E-state index is 0.0403. The molecule has 0 bridgehead atoms. The van der Waals surface area contributed by atoms with Gasteiger partial charge in [-0.2, -0.15) is 0 Å². The Morgan fingerprint density at radius 3 is 2.43 bits per heavy atom. The number of hydrogen-bond acceptors (Lipinski definition) is 5. The first-order chi connectivity index (χ1) is 13.7. The second kappa shape index (κ2) is 8.33. The summed E-state index contributed by atoms with van der Waals surface area (Å²) in [5.74, 6) is 0.928. The van der Waals surface area contributed by atoms with Gasteiger partial charge >= 0.3 is 12.1 Å². The highest BCUT2D eigenvalue weighted by atomic mass is 16.6. The van der Waals surface area contributed by atoms with Crippen LogP contribution in [0.25, 0.3) is 0 Å². The van der Waals surface area contributed by atoms with Crippen molar-refractivity contribution in [1.82, 2.24) is 14.8 Å². The summed E-state index contributed by atoms with van der Waals surface area (Å²) in [6.45, 7) is 3.43. The molecule has 3 heterocycles. The average Bonchev–Trinajstić information content (AvgIpc) is 3.19. The molecule has 0 radical (unpaired) electrons. The summed E-state index contributed by atoms with van der Waals surface area (Å²) in [7, 11) is 0. The Kier molecular flexibility index (Phi) is 5.45. The Balaban J connectivity index is 1.24. The molecule has 1 N–H and O–H groups in total. The van der Waals surface area contributed by atoms with E-state index in [1.165, 1.54) is 18.2 Å². The van der Waals surface area contributed by atoms with E-state index in [1.54, 1.807) is 0 Å². The number of urea groups is 1. The monoisotopic (exact) mass is 384 g/mol. The van der Waals surface area contributed by atoms with E-state index in [1.807, 2.05) is 34.1 Å². The fraction of sp³-hybridized carbons (Fsp3) is 0.450. The van der Waals surface area contributed by atoms with E-state index in [4.69, 9.17) is 9.15 Å². The summed E-state index contributed by atoms with van der Waals surface area (Å²) < 4.78 is 10.1. The number of nitrogens with zero attached hydrogens (tertiary/aromatic N) is 3. The minimum Gasteiger partial charge on any atom is -0.445 e. The molecule has 2 aromatic rings. The third-order valence-electron chi connectivity index (χ3n) is 5.35. The number of hydrogen-bond donors (Lipinski definition) is 1. The normalized spacial score (nSPS) is 17.1. The van der Waals surface area contributed by atoms with Crippen molar-refractivity contribution in [3.63, 3.8) is 0 Å². The van der Waals surface area contributed by atoms with Crippen molar-refractivity contribution in [2.45, 2.75) is 31.8 Å². The highest BCUT2D eigenvalue weighted by Gasteiger charge is 2.29. The molecule has 0 unspecified atom stereocenters. The van der Waals surface area contributed by atoms with Gasteiger partial charge in [0.05, 0.1) is 6.20 Å². The standard InChI is InChI=1S/C20H24N4O4/c25-19(27-13-18-12-21-14-28-18)22-17-4-2-15(3-5-17)16-6-10-24(11-7-16)20(26)23-8-1-9-23/h2-5,12,14,16H,1,6-11,13H2,(H,22,25). The lowest BCUT2D eigenvalue weighted by Crippen LogP contribution is -2.51. The zero-order chi connectivity index (χ0) is 19.3. The Labute approximate surface area is 163 Å². The maximum absolute atomic E-state index is 12.3. The molecule has 8 heteroatoms. The van der Waals surface area contributed by atoms with Gasteiger partial charge in [-0.1, -0.05) is 12.1 Å². The van der Waals surface area contributed by atoms with Crippen molar-refractivity contribution in [3.8, 4) is 0 Å². The summed E-state index contributed by atoms with van der Waals surface area (Å²) in [5.41, 5.74) is 1.91. The zero-order valence-corrected chi connectivity index (χ0v) is 15.7. The number of amides is 3. The maximum Gasteiger partial charge on any atom is 0.412 e. The zero-order valence-electron chi connectivity index (χ0n) is 15.7. The predicted molar refractivity (Wildman–Crippen MR) is 102 cm³/mol. The van der Waals surface area contributed by atoms with Crippen LogP contribution < -0.4 is 5.32 Å². The smallest absolute Gasteiger partial charge is 0.412 e. The van der Waals surface area contributed by atoms with E-state index >= 15 is 0 Å². The quantitative estimate of drug-likeness (QED) is 0.873. The Morgan fingerprint density at radius 2 is 1.82 bits per heavy atom. The van der Waals surface area contributed by atoms with Gasteiger partial charge in [0.1, 0.15) is 0 Å². The highest BCUT2D eigenvalue weighted by Crippen LogP contribution is 2.29. The molecule has 148 valence electrons. The molecule has 0 saturated carbocycles. The minimum atomic E-state index is -0.540. The molecule has 3 amide bonds. The molecular weight excluding hydrogens is 360 g/mol. The third kappa shape index (κ3) is 4.27.